The predicted molar refractivity (Wildman–Crippen MR) is 75.4 cm³/mol. The van der Waals surface area contributed by atoms with Gasteiger partial charge in [-0.2, -0.15) is 0 Å². The molecule has 106 valence electrons. The quantitative estimate of drug-likeness (QED) is 0.856. The van der Waals surface area contributed by atoms with Gasteiger partial charge in [0.25, 0.3) is 0 Å². The van der Waals surface area contributed by atoms with Gasteiger partial charge in [0.15, 0.2) is 0 Å². The van der Waals surface area contributed by atoms with Crippen LogP contribution in [0.3, 0.4) is 0 Å². The van der Waals surface area contributed by atoms with Crippen molar-refractivity contribution in [3.05, 3.63) is 23.5 Å². The van der Waals surface area contributed by atoms with E-state index in [1.54, 1.807) is 0 Å². The first-order valence-corrected chi connectivity index (χ1v) is 7.16. The molecule has 2 N–H and O–H groups in total. The first kappa shape index (κ1) is 14.3. The number of nitrogens with two attached hydrogens (primary N) is 1. The Morgan fingerprint density at radius 2 is 2.16 bits per heavy atom. The van der Waals surface area contributed by atoms with Crippen LogP contribution >= 0.6 is 0 Å². The minimum absolute atomic E-state index is 0.0194. The first-order chi connectivity index (χ1) is 9.15. The van der Waals surface area contributed by atoms with Crippen molar-refractivity contribution in [2.75, 3.05) is 6.61 Å². The molecule has 2 rings (SSSR count). The molecule has 1 aliphatic rings. The van der Waals surface area contributed by atoms with Gasteiger partial charge in [-0.05, 0) is 31.9 Å². The van der Waals surface area contributed by atoms with Crippen LogP contribution < -0.4 is 10.5 Å². The van der Waals surface area contributed by atoms with Gasteiger partial charge in [-0.15, -0.1) is 0 Å². The van der Waals surface area contributed by atoms with Crippen LogP contribution in [0.5, 0.6) is 5.75 Å². The van der Waals surface area contributed by atoms with Crippen molar-refractivity contribution >= 4 is 0 Å². The zero-order valence-electron chi connectivity index (χ0n) is 12.1. The Balaban J connectivity index is 2.01. The van der Waals surface area contributed by atoms with Crippen LogP contribution in [0.15, 0.2) is 12.1 Å². The van der Waals surface area contributed by atoms with Crippen LogP contribution in [0.2, 0.25) is 0 Å². The van der Waals surface area contributed by atoms with Gasteiger partial charge < -0.3 is 15.2 Å². The van der Waals surface area contributed by atoms with E-state index in [2.05, 4.69) is 18.8 Å². The summed E-state index contributed by atoms with van der Waals surface area (Å²) >= 11 is 0. The number of aryl methyl sites for hydroxylation is 2. The molecule has 3 atom stereocenters. The lowest BCUT2D eigenvalue weighted by Gasteiger charge is -2.42. The summed E-state index contributed by atoms with van der Waals surface area (Å²) in [6.45, 7) is 6.92. The summed E-state index contributed by atoms with van der Waals surface area (Å²) in [7, 11) is 0. The molecule has 1 heterocycles. The molecule has 0 spiro atoms. The summed E-state index contributed by atoms with van der Waals surface area (Å²) < 4.78 is 11.8. The number of hydrogen-bond donors (Lipinski definition) is 1. The number of hydrogen-bond acceptors (Lipinski definition) is 4. The Morgan fingerprint density at radius 1 is 1.37 bits per heavy atom. The van der Waals surface area contributed by atoms with Crippen LogP contribution in [0, 0.1) is 6.92 Å². The van der Waals surface area contributed by atoms with E-state index in [9.17, 15) is 0 Å². The summed E-state index contributed by atoms with van der Waals surface area (Å²) in [4.78, 5) is 4.51. The highest BCUT2D eigenvalue weighted by Gasteiger charge is 2.41. The van der Waals surface area contributed by atoms with E-state index < -0.39 is 0 Å². The van der Waals surface area contributed by atoms with Crippen molar-refractivity contribution in [1.82, 2.24) is 4.98 Å². The van der Waals surface area contributed by atoms with Gasteiger partial charge in [0.05, 0.1) is 5.69 Å². The van der Waals surface area contributed by atoms with Crippen molar-refractivity contribution in [3.8, 4) is 5.75 Å². The van der Waals surface area contributed by atoms with E-state index in [0.717, 1.165) is 43.0 Å². The molecule has 1 aromatic rings. The molecule has 19 heavy (non-hydrogen) atoms. The Labute approximate surface area is 115 Å². The number of ether oxygens (including phenoxy) is 2. The summed E-state index contributed by atoms with van der Waals surface area (Å²) in [5.41, 5.74) is 8.01. The number of nitrogens with zero attached hydrogens (tertiary/aromatic N) is 1. The molecule has 1 fully saturated rings. The van der Waals surface area contributed by atoms with E-state index in [1.807, 2.05) is 19.1 Å². The minimum atomic E-state index is 0.0194. The Kier molecular flexibility index (Phi) is 4.77. The molecule has 3 unspecified atom stereocenters. The lowest BCUT2D eigenvalue weighted by molar-refractivity contribution is -0.0983. The lowest BCUT2D eigenvalue weighted by atomic mass is 9.86. The van der Waals surface area contributed by atoms with E-state index >= 15 is 0 Å². The van der Waals surface area contributed by atoms with Crippen LogP contribution in [0.4, 0.5) is 0 Å². The predicted octanol–water partition coefficient (Wildman–Crippen LogP) is 2.23. The van der Waals surface area contributed by atoms with E-state index in [1.165, 1.54) is 0 Å². The monoisotopic (exact) mass is 264 g/mol. The van der Waals surface area contributed by atoms with E-state index in [0.29, 0.717) is 0 Å². The van der Waals surface area contributed by atoms with Gasteiger partial charge in [0.1, 0.15) is 18.0 Å². The van der Waals surface area contributed by atoms with Crippen LogP contribution in [-0.2, 0) is 11.2 Å². The second kappa shape index (κ2) is 6.35. The summed E-state index contributed by atoms with van der Waals surface area (Å²) in [6, 6.07) is 4.08. The molecule has 1 aliphatic carbocycles. The highest BCUT2D eigenvalue weighted by atomic mass is 16.5. The summed E-state index contributed by atoms with van der Waals surface area (Å²) in [5, 5.41) is 0. The highest BCUT2D eigenvalue weighted by Crippen LogP contribution is 2.29. The fraction of sp³-hybridized carbons (Fsp3) is 0.667. The fourth-order valence-corrected chi connectivity index (χ4v) is 2.34. The Hall–Kier alpha value is -1.13. The maximum atomic E-state index is 6.04. The summed E-state index contributed by atoms with van der Waals surface area (Å²) in [6.07, 6.45) is 2.81. The highest BCUT2D eigenvalue weighted by molar-refractivity contribution is 5.30. The third-order valence-corrected chi connectivity index (χ3v) is 3.49. The lowest BCUT2D eigenvalue weighted by Crippen LogP contribution is -2.59. The van der Waals surface area contributed by atoms with Crippen molar-refractivity contribution in [2.24, 2.45) is 5.73 Å². The minimum Gasteiger partial charge on any atom is -0.486 e. The second-order valence-electron chi connectivity index (χ2n) is 5.14. The van der Waals surface area contributed by atoms with Crippen LogP contribution in [0.1, 0.15) is 38.1 Å². The molecular weight excluding hydrogens is 240 g/mol. The molecule has 0 bridgehead atoms. The zero-order valence-corrected chi connectivity index (χ0v) is 12.1. The van der Waals surface area contributed by atoms with Crippen molar-refractivity contribution in [1.29, 1.82) is 0 Å². The van der Waals surface area contributed by atoms with E-state index in [4.69, 9.17) is 15.2 Å². The van der Waals surface area contributed by atoms with Gasteiger partial charge in [-0.25, -0.2) is 0 Å². The van der Waals surface area contributed by atoms with Crippen LogP contribution in [0.25, 0.3) is 0 Å². The maximum absolute atomic E-state index is 6.04. The number of rotatable bonds is 6. The van der Waals surface area contributed by atoms with Gasteiger partial charge in [-0.3, -0.25) is 4.98 Å². The van der Waals surface area contributed by atoms with Gasteiger partial charge >= 0.3 is 0 Å². The molecule has 0 radical (unpaired) electrons. The molecular formula is C15H24N2O2. The van der Waals surface area contributed by atoms with Gasteiger partial charge in [0, 0.05) is 24.8 Å². The largest absolute Gasteiger partial charge is 0.486 e. The molecule has 0 saturated heterocycles. The molecule has 1 aromatic heterocycles. The molecule has 0 amide bonds. The molecule has 4 nitrogen and oxygen atoms in total. The SMILES string of the molecule is CCCOC1C(N)CC1Oc1ccc(C)nc1CC. The van der Waals surface area contributed by atoms with Gasteiger partial charge in [-0.1, -0.05) is 13.8 Å². The molecule has 1 saturated carbocycles. The van der Waals surface area contributed by atoms with Crippen molar-refractivity contribution < 1.29 is 9.47 Å². The van der Waals surface area contributed by atoms with Crippen LogP contribution in [-0.4, -0.2) is 29.8 Å². The smallest absolute Gasteiger partial charge is 0.141 e. The second-order valence-corrected chi connectivity index (χ2v) is 5.14. The van der Waals surface area contributed by atoms with E-state index in [-0.39, 0.29) is 18.2 Å². The molecule has 4 heteroatoms. The van der Waals surface area contributed by atoms with Crippen molar-refractivity contribution in [2.45, 2.75) is 58.3 Å². The van der Waals surface area contributed by atoms with Gasteiger partial charge in [0.2, 0.25) is 0 Å². The topological polar surface area (TPSA) is 57.4 Å². The number of pyridine rings is 1. The third-order valence-electron chi connectivity index (χ3n) is 3.49. The Bertz CT molecular complexity index is 423. The normalized spacial score (nSPS) is 26.0. The fourth-order valence-electron chi connectivity index (χ4n) is 2.34. The Morgan fingerprint density at radius 3 is 2.79 bits per heavy atom. The molecule has 0 aromatic carbocycles. The maximum Gasteiger partial charge on any atom is 0.141 e. The zero-order chi connectivity index (χ0) is 13.8. The average molecular weight is 264 g/mol. The summed E-state index contributed by atoms with van der Waals surface area (Å²) in [5.74, 6) is 0.870. The standard InChI is InChI=1S/C15H24N2O2/c1-4-8-18-15-11(16)9-14(15)19-13-7-6-10(3)17-12(13)5-2/h6-7,11,14-15H,4-5,8-9,16H2,1-3H3. The first-order valence-electron chi connectivity index (χ1n) is 7.16. The number of aromatic nitrogens is 1. The molecule has 0 aliphatic heterocycles. The van der Waals surface area contributed by atoms with Crippen molar-refractivity contribution in [3.63, 3.8) is 0 Å². The third kappa shape index (κ3) is 3.25. The average Bonchev–Trinajstić information content (AvgIpc) is 2.40.